The van der Waals surface area contributed by atoms with Crippen molar-refractivity contribution in [3.05, 3.63) is 0 Å². The zero-order valence-electron chi connectivity index (χ0n) is 7.54. The third kappa shape index (κ3) is 2.60. The third-order valence-corrected chi connectivity index (χ3v) is 2.19. The Morgan fingerprint density at radius 2 is 2.38 bits per heavy atom. The monoisotopic (exact) mass is 183 g/mol. The molecule has 2 N–H and O–H groups in total. The van der Waals surface area contributed by atoms with Crippen LogP contribution in [0.25, 0.3) is 0 Å². The molecule has 0 radical (unpaired) electrons. The molecule has 2 amide bonds. The Hall–Kier alpha value is -1.28. The van der Waals surface area contributed by atoms with Gasteiger partial charge < -0.3 is 5.32 Å². The minimum Gasteiger partial charge on any atom is -0.332 e. The van der Waals surface area contributed by atoms with Crippen molar-refractivity contribution in [2.75, 3.05) is 7.11 Å². The first-order chi connectivity index (χ1) is 6.27. The molecule has 1 rings (SSSR count). The van der Waals surface area contributed by atoms with Crippen molar-refractivity contribution in [3.63, 3.8) is 0 Å². The van der Waals surface area contributed by atoms with Gasteiger partial charge in [-0.2, -0.15) is 5.26 Å². The Bertz CT molecular complexity index is 224. The van der Waals surface area contributed by atoms with Crippen LogP contribution in [-0.4, -0.2) is 19.2 Å². The first-order valence-electron chi connectivity index (χ1n) is 4.27. The lowest BCUT2D eigenvalue weighted by Gasteiger charge is -2.14. The van der Waals surface area contributed by atoms with Crippen molar-refractivity contribution in [2.45, 2.75) is 25.3 Å². The fraction of sp³-hybridized carbons (Fsp3) is 0.750. The molecule has 1 aliphatic rings. The van der Waals surface area contributed by atoms with Crippen molar-refractivity contribution in [3.8, 4) is 6.07 Å². The molecule has 2 atom stereocenters. The summed E-state index contributed by atoms with van der Waals surface area (Å²) in [5, 5.41) is 11.4. The second-order valence-corrected chi connectivity index (χ2v) is 3.05. The summed E-state index contributed by atoms with van der Waals surface area (Å²) in [6.45, 7) is 0. The molecule has 0 aromatic carbocycles. The molecular weight excluding hydrogens is 170 g/mol. The minimum absolute atomic E-state index is 0.0276. The highest BCUT2D eigenvalue weighted by atomic mass is 16.6. The van der Waals surface area contributed by atoms with Gasteiger partial charge in [0.15, 0.2) is 0 Å². The van der Waals surface area contributed by atoms with Gasteiger partial charge in [-0.05, 0) is 19.3 Å². The molecule has 72 valence electrons. The van der Waals surface area contributed by atoms with E-state index in [4.69, 9.17) is 5.26 Å². The number of rotatable bonds is 2. The molecule has 1 fully saturated rings. The number of carbonyl (C=O) groups is 1. The van der Waals surface area contributed by atoms with Crippen molar-refractivity contribution in [1.82, 2.24) is 10.8 Å². The molecule has 0 heterocycles. The molecule has 5 heteroatoms. The minimum atomic E-state index is -0.380. The molecule has 13 heavy (non-hydrogen) atoms. The first kappa shape index (κ1) is 9.81. The topological polar surface area (TPSA) is 74.2 Å². The first-order valence-corrected chi connectivity index (χ1v) is 4.27. The Labute approximate surface area is 77.0 Å². The van der Waals surface area contributed by atoms with Crippen molar-refractivity contribution in [1.29, 1.82) is 5.26 Å². The van der Waals surface area contributed by atoms with Crippen LogP contribution in [0.5, 0.6) is 0 Å². The highest BCUT2D eigenvalue weighted by molar-refractivity contribution is 5.73. The van der Waals surface area contributed by atoms with Gasteiger partial charge in [-0.25, -0.2) is 10.3 Å². The van der Waals surface area contributed by atoms with Gasteiger partial charge in [-0.1, -0.05) is 0 Å². The maximum absolute atomic E-state index is 11.0. The molecule has 0 aromatic rings. The number of nitriles is 1. The van der Waals surface area contributed by atoms with E-state index in [1.807, 2.05) is 0 Å². The van der Waals surface area contributed by atoms with Crippen LogP contribution in [0.3, 0.4) is 0 Å². The third-order valence-electron chi connectivity index (χ3n) is 2.19. The maximum atomic E-state index is 11.0. The van der Waals surface area contributed by atoms with E-state index in [-0.39, 0.29) is 18.0 Å². The highest BCUT2D eigenvalue weighted by Gasteiger charge is 2.28. The summed E-state index contributed by atoms with van der Waals surface area (Å²) in [5.41, 5.74) is 2.16. The van der Waals surface area contributed by atoms with Crippen LogP contribution in [0, 0.1) is 17.2 Å². The van der Waals surface area contributed by atoms with Gasteiger partial charge in [0.25, 0.3) is 0 Å². The number of nitrogens with zero attached hydrogens (tertiary/aromatic N) is 1. The molecule has 0 saturated heterocycles. The number of nitrogens with one attached hydrogen (secondary N) is 2. The Kier molecular flexibility index (Phi) is 3.53. The van der Waals surface area contributed by atoms with Crippen molar-refractivity contribution < 1.29 is 9.63 Å². The smallest absolute Gasteiger partial charge is 0.332 e. The fourth-order valence-corrected chi connectivity index (χ4v) is 1.58. The van der Waals surface area contributed by atoms with Crippen LogP contribution in [0.15, 0.2) is 0 Å². The van der Waals surface area contributed by atoms with Gasteiger partial charge in [0.05, 0.1) is 19.1 Å². The van der Waals surface area contributed by atoms with E-state index in [1.54, 1.807) is 0 Å². The summed E-state index contributed by atoms with van der Waals surface area (Å²) in [5.74, 6) is -0.0531. The van der Waals surface area contributed by atoms with Crippen molar-refractivity contribution >= 4 is 6.03 Å². The molecule has 0 aliphatic heterocycles. The molecular formula is C8H13N3O2. The van der Waals surface area contributed by atoms with E-state index in [1.165, 1.54) is 7.11 Å². The van der Waals surface area contributed by atoms with Gasteiger partial charge in [0.1, 0.15) is 0 Å². The van der Waals surface area contributed by atoms with Gasteiger partial charge in [-0.3, -0.25) is 4.84 Å². The SMILES string of the molecule is CONC(=O)NC1CCCC1C#N. The molecule has 1 aliphatic carbocycles. The van der Waals surface area contributed by atoms with E-state index in [0.29, 0.717) is 0 Å². The Morgan fingerprint density at radius 3 is 3.00 bits per heavy atom. The molecule has 5 nitrogen and oxygen atoms in total. The largest absolute Gasteiger partial charge is 0.338 e. The van der Waals surface area contributed by atoms with Crippen LogP contribution in [-0.2, 0) is 4.84 Å². The van der Waals surface area contributed by atoms with Crippen LogP contribution in [0.2, 0.25) is 0 Å². The van der Waals surface area contributed by atoms with Crippen molar-refractivity contribution in [2.24, 2.45) is 5.92 Å². The van der Waals surface area contributed by atoms with Crippen LogP contribution in [0.4, 0.5) is 4.79 Å². The Morgan fingerprint density at radius 1 is 1.62 bits per heavy atom. The summed E-state index contributed by atoms with van der Waals surface area (Å²) in [4.78, 5) is 15.4. The van der Waals surface area contributed by atoms with Gasteiger partial charge in [0, 0.05) is 6.04 Å². The van der Waals surface area contributed by atoms with Crippen LogP contribution < -0.4 is 10.8 Å². The Balaban J connectivity index is 2.36. The zero-order chi connectivity index (χ0) is 9.68. The average Bonchev–Trinajstić information content (AvgIpc) is 2.52. The van der Waals surface area contributed by atoms with Gasteiger partial charge in [-0.15, -0.1) is 0 Å². The van der Waals surface area contributed by atoms with Crippen LogP contribution in [0.1, 0.15) is 19.3 Å². The average molecular weight is 183 g/mol. The van der Waals surface area contributed by atoms with E-state index < -0.39 is 0 Å². The molecule has 1 saturated carbocycles. The second-order valence-electron chi connectivity index (χ2n) is 3.05. The van der Waals surface area contributed by atoms with E-state index in [9.17, 15) is 4.79 Å². The zero-order valence-corrected chi connectivity index (χ0v) is 7.54. The fourth-order valence-electron chi connectivity index (χ4n) is 1.58. The van der Waals surface area contributed by atoms with E-state index in [0.717, 1.165) is 19.3 Å². The van der Waals surface area contributed by atoms with Gasteiger partial charge >= 0.3 is 6.03 Å². The summed E-state index contributed by atoms with van der Waals surface area (Å²) < 4.78 is 0. The number of hydrogen-bond donors (Lipinski definition) is 2. The van der Waals surface area contributed by atoms with Gasteiger partial charge in [0.2, 0.25) is 0 Å². The highest BCUT2D eigenvalue weighted by Crippen LogP contribution is 2.24. The predicted octanol–water partition coefficient (Wildman–Crippen LogP) is 0.539. The predicted molar refractivity (Wildman–Crippen MR) is 45.4 cm³/mol. The number of urea groups is 1. The molecule has 0 bridgehead atoms. The lowest BCUT2D eigenvalue weighted by Crippen LogP contribution is -2.42. The molecule has 0 spiro atoms. The summed E-state index contributed by atoms with van der Waals surface area (Å²) in [6.07, 6.45) is 2.74. The lowest BCUT2D eigenvalue weighted by atomic mass is 10.1. The van der Waals surface area contributed by atoms with E-state index >= 15 is 0 Å². The lowest BCUT2D eigenvalue weighted by molar-refractivity contribution is 0.105. The summed E-state index contributed by atoms with van der Waals surface area (Å²) in [7, 11) is 1.37. The quantitative estimate of drug-likeness (QED) is 0.613. The summed E-state index contributed by atoms with van der Waals surface area (Å²) in [6, 6.07) is 1.77. The standard InChI is InChI=1S/C8H13N3O2/c1-13-11-8(12)10-7-4-2-3-6(7)5-9/h6-7H,2-4H2,1H3,(H2,10,11,12). The van der Waals surface area contributed by atoms with E-state index in [2.05, 4.69) is 21.7 Å². The number of hydrogen-bond acceptors (Lipinski definition) is 3. The maximum Gasteiger partial charge on any atom is 0.338 e. The number of amides is 2. The number of carbonyl (C=O) groups excluding carboxylic acids is 1. The normalized spacial score (nSPS) is 26.5. The number of hydroxylamine groups is 1. The second kappa shape index (κ2) is 4.67. The molecule has 0 aromatic heterocycles. The van der Waals surface area contributed by atoms with Crippen LogP contribution >= 0.6 is 0 Å². The summed E-state index contributed by atoms with van der Waals surface area (Å²) >= 11 is 0. The molecule has 2 unspecified atom stereocenters.